The van der Waals surface area contributed by atoms with Gasteiger partial charge in [0.15, 0.2) is 0 Å². The maximum atomic E-state index is 13.6. The fourth-order valence-corrected chi connectivity index (χ4v) is 5.15. The predicted molar refractivity (Wildman–Crippen MR) is 123 cm³/mol. The van der Waals surface area contributed by atoms with Gasteiger partial charge in [-0.15, -0.1) is 11.3 Å². The van der Waals surface area contributed by atoms with Gasteiger partial charge in [-0.2, -0.15) is 0 Å². The lowest BCUT2D eigenvalue weighted by Crippen LogP contribution is -2.42. The smallest absolute Gasteiger partial charge is 0.261 e. The molecular weight excluding hydrogens is 378 g/mol. The normalized spacial score (nSPS) is 18.2. The third kappa shape index (κ3) is 4.17. The average molecular weight is 410 g/mol. The zero-order valence-corrected chi connectivity index (χ0v) is 18.7. The number of rotatable bonds is 5. The summed E-state index contributed by atoms with van der Waals surface area (Å²) in [6.07, 6.45) is 2.39. The van der Waals surface area contributed by atoms with Crippen molar-refractivity contribution in [2.45, 2.75) is 59.0 Å². The molecule has 0 aliphatic carbocycles. The second kappa shape index (κ2) is 8.41. The Morgan fingerprint density at radius 3 is 2.72 bits per heavy atom. The molecule has 0 spiro atoms. The summed E-state index contributed by atoms with van der Waals surface area (Å²) in [7, 11) is 0. The molecule has 1 aliphatic rings. The number of likely N-dealkylation sites (tertiary alicyclic amines) is 1. The van der Waals surface area contributed by atoms with Crippen molar-refractivity contribution in [3.8, 4) is 10.4 Å². The fraction of sp³-hybridized carbons (Fsp3) is 0.500. The van der Waals surface area contributed by atoms with Crippen LogP contribution in [0.2, 0.25) is 0 Å². The van der Waals surface area contributed by atoms with E-state index in [0.29, 0.717) is 12.0 Å². The minimum atomic E-state index is 0.110. The van der Waals surface area contributed by atoms with Crippen LogP contribution in [0.1, 0.15) is 52.3 Å². The maximum absolute atomic E-state index is 13.6. The van der Waals surface area contributed by atoms with Crippen molar-refractivity contribution < 1.29 is 0 Å². The molecule has 1 aromatic carbocycles. The zero-order chi connectivity index (χ0) is 20.5. The van der Waals surface area contributed by atoms with Crippen molar-refractivity contribution in [3.05, 3.63) is 51.9 Å². The van der Waals surface area contributed by atoms with Crippen molar-refractivity contribution in [2.24, 2.45) is 5.92 Å². The first-order chi connectivity index (χ1) is 13.9. The lowest BCUT2D eigenvalue weighted by atomic mass is 9.96. The molecule has 0 unspecified atom stereocenters. The van der Waals surface area contributed by atoms with Crippen LogP contribution in [-0.2, 0) is 6.54 Å². The topological polar surface area (TPSA) is 38.1 Å². The lowest BCUT2D eigenvalue weighted by molar-refractivity contribution is 0.129. The Morgan fingerprint density at radius 1 is 1.21 bits per heavy atom. The first-order valence-corrected chi connectivity index (χ1v) is 11.6. The molecule has 0 N–H and O–H groups in total. The number of nitrogens with zero attached hydrogens (tertiary/aromatic N) is 3. The minimum Gasteiger partial charge on any atom is -0.301 e. The molecule has 4 rings (SSSR count). The zero-order valence-electron chi connectivity index (χ0n) is 17.9. The SMILES string of the molecule is CC(C)c1nc2ccc(-c3cccs3)cc2c(=O)n1C[C@H]1CCCN(C(C)C)C1. The Morgan fingerprint density at radius 2 is 2.03 bits per heavy atom. The third-order valence-electron chi connectivity index (χ3n) is 6.03. The lowest BCUT2D eigenvalue weighted by Gasteiger charge is -2.36. The monoisotopic (exact) mass is 409 g/mol. The van der Waals surface area contributed by atoms with Crippen LogP contribution in [0, 0.1) is 5.92 Å². The van der Waals surface area contributed by atoms with E-state index in [1.54, 1.807) is 11.3 Å². The molecule has 3 heterocycles. The third-order valence-corrected chi connectivity index (χ3v) is 6.95. The molecule has 1 atom stereocenters. The molecule has 0 amide bonds. The van der Waals surface area contributed by atoms with Gasteiger partial charge in [0.1, 0.15) is 5.82 Å². The van der Waals surface area contributed by atoms with Gasteiger partial charge in [0.25, 0.3) is 5.56 Å². The van der Waals surface area contributed by atoms with Crippen LogP contribution in [0.3, 0.4) is 0 Å². The molecule has 3 aromatic rings. The van der Waals surface area contributed by atoms with Crippen molar-refractivity contribution >= 4 is 22.2 Å². The number of hydrogen-bond acceptors (Lipinski definition) is 4. The molecule has 1 saturated heterocycles. The van der Waals surface area contributed by atoms with E-state index < -0.39 is 0 Å². The van der Waals surface area contributed by atoms with E-state index in [1.807, 2.05) is 22.8 Å². The van der Waals surface area contributed by atoms with Crippen LogP contribution in [0.4, 0.5) is 0 Å². The molecule has 0 saturated carbocycles. The Balaban J connectivity index is 1.75. The van der Waals surface area contributed by atoms with Crippen LogP contribution < -0.4 is 5.56 Å². The summed E-state index contributed by atoms with van der Waals surface area (Å²) >= 11 is 1.70. The van der Waals surface area contributed by atoms with Gasteiger partial charge in [-0.3, -0.25) is 9.36 Å². The summed E-state index contributed by atoms with van der Waals surface area (Å²) in [6.45, 7) is 11.8. The first-order valence-electron chi connectivity index (χ1n) is 10.8. The molecule has 4 nitrogen and oxygen atoms in total. The highest BCUT2D eigenvalue weighted by atomic mass is 32.1. The number of aromatic nitrogens is 2. The number of benzene rings is 1. The summed E-state index contributed by atoms with van der Waals surface area (Å²) in [5, 5.41) is 2.80. The molecule has 29 heavy (non-hydrogen) atoms. The van der Waals surface area contributed by atoms with Crippen molar-refractivity contribution in [2.75, 3.05) is 13.1 Å². The highest BCUT2D eigenvalue weighted by molar-refractivity contribution is 7.13. The van der Waals surface area contributed by atoms with Gasteiger partial charge in [-0.1, -0.05) is 26.0 Å². The Labute approximate surface area is 177 Å². The molecule has 2 aromatic heterocycles. The summed E-state index contributed by atoms with van der Waals surface area (Å²) < 4.78 is 1.97. The maximum Gasteiger partial charge on any atom is 0.261 e. The molecule has 154 valence electrons. The average Bonchev–Trinajstić information content (AvgIpc) is 3.24. The fourth-order valence-electron chi connectivity index (χ4n) is 4.42. The second-order valence-electron chi connectivity index (χ2n) is 8.85. The molecule has 1 fully saturated rings. The van der Waals surface area contributed by atoms with E-state index in [-0.39, 0.29) is 11.5 Å². The molecule has 0 radical (unpaired) electrons. The predicted octanol–water partition coefficient (Wildman–Crippen LogP) is 5.37. The van der Waals surface area contributed by atoms with Crippen molar-refractivity contribution in [1.29, 1.82) is 0 Å². The Kier molecular flexibility index (Phi) is 5.88. The molecule has 0 bridgehead atoms. The van der Waals surface area contributed by atoms with E-state index >= 15 is 0 Å². The van der Waals surface area contributed by atoms with Crippen LogP contribution in [0.5, 0.6) is 0 Å². The van der Waals surface area contributed by atoms with Crippen LogP contribution in [0.25, 0.3) is 21.3 Å². The van der Waals surface area contributed by atoms with E-state index in [2.05, 4.69) is 50.1 Å². The highest BCUT2D eigenvalue weighted by Crippen LogP contribution is 2.28. The first kappa shape index (κ1) is 20.3. The van der Waals surface area contributed by atoms with Gasteiger partial charge in [0, 0.05) is 29.9 Å². The number of piperidine rings is 1. The quantitative estimate of drug-likeness (QED) is 0.569. The van der Waals surface area contributed by atoms with Gasteiger partial charge in [-0.05, 0) is 68.3 Å². The molecule has 1 aliphatic heterocycles. The van der Waals surface area contributed by atoms with E-state index in [0.717, 1.165) is 35.4 Å². The molecular formula is C24H31N3OS. The summed E-state index contributed by atoms with van der Waals surface area (Å²) in [5.41, 5.74) is 2.01. The van der Waals surface area contributed by atoms with Crippen molar-refractivity contribution in [3.63, 3.8) is 0 Å². The highest BCUT2D eigenvalue weighted by Gasteiger charge is 2.24. The molecule has 5 heteroatoms. The van der Waals surface area contributed by atoms with Gasteiger partial charge < -0.3 is 4.90 Å². The van der Waals surface area contributed by atoms with E-state index in [4.69, 9.17) is 4.98 Å². The number of thiophene rings is 1. The van der Waals surface area contributed by atoms with Gasteiger partial charge in [0.05, 0.1) is 10.9 Å². The second-order valence-corrected chi connectivity index (χ2v) is 9.79. The van der Waals surface area contributed by atoms with E-state index in [9.17, 15) is 4.79 Å². The van der Waals surface area contributed by atoms with Crippen LogP contribution in [-0.4, -0.2) is 33.6 Å². The standard InChI is InChI=1S/C24H31N3OS/c1-16(2)23-25-21-10-9-19(22-8-6-12-29-22)13-20(21)24(28)27(23)15-18-7-5-11-26(14-18)17(3)4/h6,8-10,12-13,16-18H,5,7,11,14-15H2,1-4H3/t18-/m0/s1. The number of hydrogen-bond donors (Lipinski definition) is 0. The summed E-state index contributed by atoms with van der Waals surface area (Å²) in [6, 6.07) is 10.8. The van der Waals surface area contributed by atoms with Crippen LogP contribution in [0.15, 0.2) is 40.5 Å². The summed E-state index contributed by atoms with van der Waals surface area (Å²) in [5.74, 6) is 1.63. The van der Waals surface area contributed by atoms with E-state index in [1.165, 1.54) is 24.3 Å². The largest absolute Gasteiger partial charge is 0.301 e. The van der Waals surface area contributed by atoms with Gasteiger partial charge in [-0.25, -0.2) is 4.98 Å². The Bertz CT molecular complexity index is 1040. The Hall–Kier alpha value is -1.98. The van der Waals surface area contributed by atoms with Crippen LogP contribution >= 0.6 is 11.3 Å². The van der Waals surface area contributed by atoms with Gasteiger partial charge in [0.2, 0.25) is 0 Å². The number of fused-ring (bicyclic) bond motifs is 1. The summed E-state index contributed by atoms with van der Waals surface area (Å²) in [4.78, 5) is 22.2. The minimum absolute atomic E-state index is 0.110. The van der Waals surface area contributed by atoms with Crippen molar-refractivity contribution in [1.82, 2.24) is 14.5 Å². The van der Waals surface area contributed by atoms with Gasteiger partial charge >= 0.3 is 0 Å².